The first-order valence-electron chi connectivity index (χ1n) is 4.79. The van der Waals surface area contributed by atoms with Crippen LogP contribution in [-0.2, 0) is 0 Å². The molecule has 0 radical (unpaired) electrons. The molecule has 15 heavy (non-hydrogen) atoms. The molecule has 2 heterocycles. The SMILES string of the molecule is NC1=NN(c2nc3ccccc3o2)CC1. The highest BCUT2D eigenvalue weighted by Gasteiger charge is 2.18. The quantitative estimate of drug-likeness (QED) is 0.757. The summed E-state index contributed by atoms with van der Waals surface area (Å²) in [4.78, 5) is 4.33. The maximum absolute atomic E-state index is 5.60. The van der Waals surface area contributed by atoms with Crippen LogP contribution in [0.5, 0.6) is 0 Å². The number of amidine groups is 1. The molecule has 0 atom stereocenters. The van der Waals surface area contributed by atoms with Crippen LogP contribution in [0.4, 0.5) is 6.01 Å². The number of anilines is 1. The molecule has 5 nitrogen and oxygen atoms in total. The van der Waals surface area contributed by atoms with E-state index in [1.165, 1.54) is 0 Å². The Morgan fingerprint density at radius 2 is 2.20 bits per heavy atom. The fourth-order valence-corrected chi connectivity index (χ4v) is 1.58. The highest BCUT2D eigenvalue weighted by molar-refractivity contribution is 5.84. The number of fused-ring (bicyclic) bond motifs is 1. The Labute approximate surface area is 86.2 Å². The van der Waals surface area contributed by atoms with E-state index in [1.807, 2.05) is 24.3 Å². The van der Waals surface area contributed by atoms with Crippen LogP contribution >= 0.6 is 0 Å². The molecule has 1 aliphatic heterocycles. The van der Waals surface area contributed by atoms with Gasteiger partial charge in [-0.1, -0.05) is 12.1 Å². The topological polar surface area (TPSA) is 67.7 Å². The van der Waals surface area contributed by atoms with Gasteiger partial charge >= 0.3 is 6.01 Å². The van der Waals surface area contributed by atoms with Crippen molar-refractivity contribution in [3.05, 3.63) is 24.3 Å². The number of rotatable bonds is 1. The Morgan fingerprint density at radius 1 is 1.33 bits per heavy atom. The smallest absolute Gasteiger partial charge is 0.319 e. The molecule has 0 fully saturated rings. The lowest BCUT2D eigenvalue weighted by Gasteiger charge is -2.05. The number of hydrazone groups is 1. The summed E-state index contributed by atoms with van der Waals surface area (Å²) < 4.78 is 5.55. The number of nitrogens with zero attached hydrogens (tertiary/aromatic N) is 3. The first-order valence-corrected chi connectivity index (χ1v) is 4.79. The molecule has 0 aliphatic carbocycles. The number of nitrogens with two attached hydrogens (primary N) is 1. The third-order valence-corrected chi connectivity index (χ3v) is 2.33. The van der Waals surface area contributed by atoms with Crippen molar-refractivity contribution in [1.29, 1.82) is 0 Å². The third kappa shape index (κ3) is 1.32. The minimum absolute atomic E-state index is 0.511. The van der Waals surface area contributed by atoms with Gasteiger partial charge < -0.3 is 10.2 Å². The van der Waals surface area contributed by atoms with Crippen molar-refractivity contribution >= 4 is 22.9 Å². The van der Waals surface area contributed by atoms with Gasteiger partial charge in [-0.2, -0.15) is 10.1 Å². The third-order valence-electron chi connectivity index (χ3n) is 2.33. The van der Waals surface area contributed by atoms with Gasteiger partial charge in [-0.25, -0.2) is 5.01 Å². The van der Waals surface area contributed by atoms with Gasteiger partial charge in [0, 0.05) is 6.42 Å². The lowest BCUT2D eigenvalue weighted by atomic mass is 10.3. The Hall–Kier alpha value is -2.04. The lowest BCUT2D eigenvalue weighted by Crippen LogP contribution is -2.11. The summed E-state index contributed by atoms with van der Waals surface area (Å²) in [5, 5.41) is 5.82. The van der Waals surface area contributed by atoms with Gasteiger partial charge in [0.1, 0.15) is 11.4 Å². The number of oxazole rings is 1. The predicted molar refractivity (Wildman–Crippen MR) is 57.6 cm³/mol. The standard InChI is InChI=1S/C10H10N4O/c11-9-5-6-14(13-9)10-12-7-3-1-2-4-8(7)15-10/h1-4H,5-6H2,(H2,11,13). The van der Waals surface area contributed by atoms with E-state index in [0.717, 1.165) is 24.1 Å². The largest absolute Gasteiger partial charge is 0.422 e. The summed E-state index contributed by atoms with van der Waals surface area (Å²) >= 11 is 0. The van der Waals surface area contributed by atoms with Gasteiger partial charge in [-0.05, 0) is 12.1 Å². The molecule has 0 bridgehead atoms. The van der Waals surface area contributed by atoms with Gasteiger partial charge in [0.15, 0.2) is 5.58 Å². The van der Waals surface area contributed by atoms with E-state index in [-0.39, 0.29) is 0 Å². The summed E-state index contributed by atoms with van der Waals surface area (Å²) in [5.41, 5.74) is 7.21. The van der Waals surface area contributed by atoms with Gasteiger partial charge in [-0.3, -0.25) is 0 Å². The fraction of sp³-hybridized carbons (Fsp3) is 0.200. The van der Waals surface area contributed by atoms with Crippen LogP contribution < -0.4 is 10.7 Å². The monoisotopic (exact) mass is 202 g/mol. The minimum atomic E-state index is 0.511. The van der Waals surface area contributed by atoms with Crippen LogP contribution in [0.2, 0.25) is 0 Å². The fourth-order valence-electron chi connectivity index (χ4n) is 1.58. The van der Waals surface area contributed by atoms with Gasteiger partial charge in [0.2, 0.25) is 0 Å². The summed E-state index contributed by atoms with van der Waals surface area (Å²) in [6.45, 7) is 0.735. The van der Waals surface area contributed by atoms with Crippen molar-refractivity contribution in [1.82, 2.24) is 4.98 Å². The second kappa shape index (κ2) is 2.98. The second-order valence-electron chi connectivity index (χ2n) is 3.43. The zero-order chi connectivity index (χ0) is 10.3. The molecular formula is C10H10N4O. The number of para-hydroxylation sites is 2. The zero-order valence-corrected chi connectivity index (χ0v) is 8.05. The second-order valence-corrected chi connectivity index (χ2v) is 3.43. The number of hydrogen-bond acceptors (Lipinski definition) is 5. The van der Waals surface area contributed by atoms with Crippen molar-refractivity contribution in [2.45, 2.75) is 6.42 Å². The molecule has 1 aliphatic rings. The van der Waals surface area contributed by atoms with E-state index < -0.39 is 0 Å². The van der Waals surface area contributed by atoms with Crippen molar-refractivity contribution in [3.8, 4) is 0 Å². The van der Waals surface area contributed by atoms with Crippen molar-refractivity contribution in [2.75, 3.05) is 11.6 Å². The predicted octanol–water partition coefficient (Wildman–Crippen LogP) is 1.31. The molecule has 1 aromatic carbocycles. The Morgan fingerprint density at radius 3 is 2.93 bits per heavy atom. The van der Waals surface area contributed by atoms with E-state index in [9.17, 15) is 0 Å². The van der Waals surface area contributed by atoms with E-state index >= 15 is 0 Å². The summed E-state index contributed by atoms with van der Waals surface area (Å²) in [6.07, 6.45) is 0.763. The van der Waals surface area contributed by atoms with E-state index in [0.29, 0.717) is 11.9 Å². The molecular weight excluding hydrogens is 192 g/mol. The van der Waals surface area contributed by atoms with E-state index in [1.54, 1.807) is 5.01 Å². The molecule has 0 saturated heterocycles. The summed E-state index contributed by atoms with van der Waals surface area (Å²) in [7, 11) is 0. The van der Waals surface area contributed by atoms with E-state index in [4.69, 9.17) is 10.2 Å². The summed E-state index contributed by atoms with van der Waals surface area (Å²) in [5.74, 6) is 0.622. The van der Waals surface area contributed by atoms with Crippen LogP contribution in [-0.4, -0.2) is 17.4 Å². The molecule has 0 amide bonds. The van der Waals surface area contributed by atoms with Crippen LogP contribution in [0, 0.1) is 0 Å². The Kier molecular flexibility index (Phi) is 1.65. The number of aromatic nitrogens is 1. The van der Waals surface area contributed by atoms with Crippen LogP contribution in [0.25, 0.3) is 11.1 Å². The van der Waals surface area contributed by atoms with Crippen LogP contribution in [0.15, 0.2) is 33.8 Å². The molecule has 0 saturated carbocycles. The molecule has 2 N–H and O–H groups in total. The van der Waals surface area contributed by atoms with Gasteiger partial charge in [0.25, 0.3) is 0 Å². The molecule has 3 rings (SSSR count). The first-order chi connectivity index (χ1) is 7.33. The van der Waals surface area contributed by atoms with Crippen molar-refractivity contribution < 1.29 is 4.42 Å². The van der Waals surface area contributed by atoms with Crippen LogP contribution in [0.3, 0.4) is 0 Å². The zero-order valence-electron chi connectivity index (χ0n) is 8.05. The lowest BCUT2D eigenvalue weighted by molar-refractivity contribution is 0.581. The minimum Gasteiger partial charge on any atom is -0.422 e. The average Bonchev–Trinajstić information content (AvgIpc) is 2.82. The molecule has 76 valence electrons. The molecule has 5 heteroatoms. The van der Waals surface area contributed by atoms with Gasteiger partial charge in [-0.15, -0.1) is 0 Å². The maximum atomic E-state index is 5.60. The first kappa shape index (κ1) is 8.28. The van der Waals surface area contributed by atoms with Crippen LogP contribution in [0.1, 0.15) is 6.42 Å². The maximum Gasteiger partial charge on any atom is 0.319 e. The van der Waals surface area contributed by atoms with E-state index in [2.05, 4.69) is 10.1 Å². The highest BCUT2D eigenvalue weighted by Crippen LogP contribution is 2.23. The number of benzene rings is 1. The Balaban J connectivity index is 2.05. The molecule has 0 unspecified atom stereocenters. The van der Waals surface area contributed by atoms with Crippen molar-refractivity contribution in [3.63, 3.8) is 0 Å². The highest BCUT2D eigenvalue weighted by atomic mass is 16.4. The number of hydrogen-bond donors (Lipinski definition) is 1. The molecule has 0 spiro atoms. The average molecular weight is 202 g/mol. The van der Waals surface area contributed by atoms with Crippen molar-refractivity contribution in [2.24, 2.45) is 10.8 Å². The Bertz CT molecular complexity index is 498. The molecule has 2 aromatic rings. The molecule has 1 aromatic heterocycles. The summed E-state index contributed by atoms with van der Waals surface area (Å²) in [6, 6.07) is 8.15. The van der Waals surface area contributed by atoms with Gasteiger partial charge in [0.05, 0.1) is 6.54 Å². The normalized spacial score (nSPS) is 16.0.